The van der Waals surface area contributed by atoms with Gasteiger partial charge in [0.15, 0.2) is 0 Å². The first-order chi connectivity index (χ1) is 10.7. The summed E-state index contributed by atoms with van der Waals surface area (Å²) in [6.07, 6.45) is 4.58. The van der Waals surface area contributed by atoms with Gasteiger partial charge in [0.25, 0.3) is 5.56 Å². The normalized spacial score (nSPS) is 17.4. The standard InChI is InChI=1S/C18H15FN2O/c19-14-9-8-13-11-20-21(18(22)16(13)10-14)17-7-3-5-12-4-1-2-6-15(12)17/h1-2,4,6,8-11,17H,3,5,7H2. The van der Waals surface area contributed by atoms with Crippen molar-refractivity contribution in [2.75, 3.05) is 0 Å². The van der Waals surface area contributed by atoms with E-state index >= 15 is 0 Å². The highest BCUT2D eigenvalue weighted by Crippen LogP contribution is 2.31. The van der Waals surface area contributed by atoms with E-state index in [0.29, 0.717) is 10.8 Å². The van der Waals surface area contributed by atoms with Crippen LogP contribution in [0.1, 0.15) is 30.0 Å². The fourth-order valence-corrected chi connectivity index (χ4v) is 3.33. The number of rotatable bonds is 1. The molecule has 0 saturated carbocycles. The largest absolute Gasteiger partial charge is 0.275 e. The fraction of sp³-hybridized carbons (Fsp3) is 0.222. The Labute approximate surface area is 127 Å². The third kappa shape index (κ3) is 2.03. The molecule has 3 nitrogen and oxygen atoms in total. The molecule has 1 atom stereocenters. The van der Waals surface area contributed by atoms with Crippen LogP contribution in [0.4, 0.5) is 4.39 Å². The maximum Gasteiger partial charge on any atom is 0.275 e. The van der Waals surface area contributed by atoms with Crippen LogP contribution in [0.5, 0.6) is 0 Å². The Balaban J connectivity index is 1.93. The summed E-state index contributed by atoms with van der Waals surface area (Å²) in [5.41, 5.74) is 2.20. The quantitative estimate of drug-likeness (QED) is 0.689. The second kappa shape index (κ2) is 5.05. The summed E-state index contributed by atoms with van der Waals surface area (Å²) in [4.78, 5) is 12.7. The maximum atomic E-state index is 13.5. The zero-order chi connectivity index (χ0) is 15.1. The molecule has 1 aliphatic rings. The van der Waals surface area contributed by atoms with Crippen molar-refractivity contribution >= 4 is 10.8 Å². The molecule has 1 aliphatic carbocycles. The van der Waals surface area contributed by atoms with Crippen LogP contribution in [-0.2, 0) is 6.42 Å². The van der Waals surface area contributed by atoms with E-state index in [0.717, 1.165) is 24.8 Å². The SMILES string of the molecule is O=c1c2cc(F)ccc2cnn1C1CCCc2ccccc21. The number of hydrogen-bond acceptors (Lipinski definition) is 2. The van der Waals surface area contributed by atoms with Crippen molar-refractivity contribution in [1.29, 1.82) is 0 Å². The van der Waals surface area contributed by atoms with Crippen LogP contribution < -0.4 is 5.56 Å². The number of aromatic nitrogens is 2. The minimum atomic E-state index is -0.397. The molecule has 0 N–H and O–H groups in total. The molecule has 4 rings (SSSR count). The van der Waals surface area contributed by atoms with Crippen molar-refractivity contribution in [3.05, 3.63) is 76.0 Å². The number of halogens is 1. The number of nitrogens with zero attached hydrogens (tertiary/aromatic N) is 2. The predicted molar refractivity (Wildman–Crippen MR) is 83.5 cm³/mol. The lowest BCUT2D eigenvalue weighted by molar-refractivity contribution is 0.435. The smallest absolute Gasteiger partial charge is 0.267 e. The van der Waals surface area contributed by atoms with E-state index in [1.54, 1.807) is 12.3 Å². The third-order valence-corrected chi connectivity index (χ3v) is 4.41. The van der Waals surface area contributed by atoms with Gasteiger partial charge in [0, 0.05) is 5.39 Å². The predicted octanol–water partition coefficient (Wildman–Crippen LogP) is 3.46. The van der Waals surface area contributed by atoms with Crippen LogP contribution in [0.3, 0.4) is 0 Å². The minimum absolute atomic E-state index is 0.0647. The van der Waals surface area contributed by atoms with Gasteiger partial charge in [-0.15, -0.1) is 0 Å². The number of fused-ring (bicyclic) bond motifs is 2. The summed E-state index contributed by atoms with van der Waals surface area (Å²) in [5, 5.41) is 5.40. The van der Waals surface area contributed by atoms with E-state index in [1.165, 1.54) is 22.4 Å². The third-order valence-electron chi connectivity index (χ3n) is 4.41. The van der Waals surface area contributed by atoms with Gasteiger partial charge >= 0.3 is 0 Å². The van der Waals surface area contributed by atoms with Crippen LogP contribution in [0.25, 0.3) is 10.8 Å². The monoisotopic (exact) mass is 294 g/mol. The molecule has 0 bridgehead atoms. The highest BCUT2D eigenvalue weighted by molar-refractivity contribution is 5.80. The molecule has 110 valence electrons. The van der Waals surface area contributed by atoms with Gasteiger partial charge < -0.3 is 0 Å². The molecule has 0 spiro atoms. The zero-order valence-electron chi connectivity index (χ0n) is 12.0. The van der Waals surface area contributed by atoms with E-state index in [-0.39, 0.29) is 11.6 Å². The summed E-state index contributed by atoms with van der Waals surface area (Å²) < 4.78 is 15.0. The van der Waals surface area contributed by atoms with E-state index in [9.17, 15) is 9.18 Å². The molecule has 22 heavy (non-hydrogen) atoms. The van der Waals surface area contributed by atoms with E-state index < -0.39 is 5.82 Å². The van der Waals surface area contributed by atoms with E-state index in [4.69, 9.17) is 0 Å². The molecule has 0 fully saturated rings. The van der Waals surface area contributed by atoms with E-state index in [1.807, 2.05) is 12.1 Å². The Hall–Kier alpha value is -2.49. The van der Waals surface area contributed by atoms with Gasteiger partial charge in [-0.25, -0.2) is 9.07 Å². The summed E-state index contributed by atoms with van der Waals surface area (Å²) in [6.45, 7) is 0. The van der Waals surface area contributed by atoms with Gasteiger partial charge in [-0.3, -0.25) is 4.79 Å². The first-order valence-electron chi connectivity index (χ1n) is 7.49. The van der Waals surface area contributed by atoms with Crippen LogP contribution >= 0.6 is 0 Å². The van der Waals surface area contributed by atoms with Crippen molar-refractivity contribution in [1.82, 2.24) is 9.78 Å². The highest BCUT2D eigenvalue weighted by Gasteiger charge is 2.23. The molecule has 1 unspecified atom stereocenters. The average molecular weight is 294 g/mol. The second-order valence-electron chi connectivity index (χ2n) is 5.73. The van der Waals surface area contributed by atoms with Gasteiger partial charge in [0.1, 0.15) is 5.82 Å². The van der Waals surface area contributed by atoms with Gasteiger partial charge in [-0.1, -0.05) is 24.3 Å². The van der Waals surface area contributed by atoms with Gasteiger partial charge in [0.2, 0.25) is 0 Å². The van der Waals surface area contributed by atoms with Gasteiger partial charge in [-0.2, -0.15) is 5.10 Å². The number of benzene rings is 2. The molecule has 4 heteroatoms. The first kappa shape index (κ1) is 13.2. The van der Waals surface area contributed by atoms with Crippen molar-refractivity contribution in [2.45, 2.75) is 25.3 Å². The number of hydrogen-bond donors (Lipinski definition) is 0. The van der Waals surface area contributed by atoms with Crippen molar-refractivity contribution < 1.29 is 4.39 Å². The summed E-state index contributed by atoms with van der Waals surface area (Å²) in [6, 6.07) is 12.4. The average Bonchev–Trinajstić information content (AvgIpc) is 2.55. The Morgan fingerprint density at radius 3 is 2.95 bits per heavy atom. The van der Waals surface area contributed by atoms with E-state index in [2.05, 4.69) is 17.2 Å². The molecular formula is C18H15FN2O. The lowest BCUT2D eigenvalue weighted by atomic mass is 9.88. The highest BCUT2D eigenvalue weighted by atomic mass is 19.1. The Kier molecular flexibility index (Phi) is 3.03. The number of aryl methyl sites for hydroxylation is 1. The summed E-state index contributed by atoms with van der Waals surface area (Å²) >= 11 is 0. The fourth-order valence-electron chi connectivity index (χ4n) is 3.33. The van der Waals surface area contributed by atoms with Gasteiger partial charge in [-0.05, 0) is 48.6 Å². The van der Waals surface area contributed by atoms with Crippen LogP contribution in [-0.4, -0.2) is 9.78 Å². The molecule has 0 radical (unpaired) electrons. The minimum Gasteiger partial charge on any atom is -0.267 e. The van der Waals surface area contributed by atoms with Crippen molar-refractivity contribution in [2.24, 2.45) is 0 Å². The molecule has 0 aliphatic heterocycles. The summed E-state index contributed by atoms with van der Waals surface area (Å²) in [7, 11) is 0. The van der Waals surface area contributed by atoms with Crippen LogP contribution in [0.2, 0.25) is 0 Å². The summed E-state index contributed by atoms with van der Waals surface area (Å²) in [5.74, 6) is -0.397. The molecule has 0 saturated heterocycles. The zero-order valence-corrected chi connectivity index (χ0v) is 12.0. The Morgan fingerprint density at radius 2 is 2.05 bits per heavy atom. The van der Waals surface area contributed by atoms with Crippen molar-refractivity contribution in [3.8, 4) is 0 Å². The lowest BCUT2D eigenvalue weighted by Gasteiger charge is -2.26. The Bertz CT molecular complexity index is 916. The molecule has 3 aromatic rings. The molecule has 2 aromatic carbocycles. The maximum absolute atomic E-state index is 13.5. The molecule has 1 aromatic heterocycles. The van der Waals surface area contributed by atoms with Crippen LogP contribution in [0, 0.1) is 5.82 Å². The topological polar surface area (TPSA) is 34.9 Å². The molecular weight excluding hydrogens is 279 g/mol. The lowest BCUT2D eigenvalue weighted by Crippen LogP contribution is -2.30. The van der Waals surface area contributed by atoms with Gasteiger partial charge in [0.05, 0.1) is 17.6 Å². The van der Waals surface area contributed by atoms with Crippen molar-refractivity contribution in [3.63, 3.8) is 0 Å². The molecule has 0 amide bonds. The second-order valence-corrected chi connectivity index (χ2v) is 5.73. The molecule has 1 heterocycles. The van der Waals surface area contributed by atoms with Crippen LogP contribution in [0.15, 0.2) is 53.5 Å². The Morgan fingerprint density at radius 1 is 1.18 bits per heavy atom. The first-order valence-corrected chi connectivity index (χ1v) is 7.49.